The molecule has 4 aromatic rings. The van der Waals surface area contributed by atoms with Gasteiger partial charge in [0.1, 0.15) is 11.6 Å². The molecule has 1 amide bonds. The second kappa shape index (κ2) is 11.3. The molecule has 4 rings (SSSR count). The number of nitriles is 1. The van der Waals surface area contributed by atoms with Gasteiger partial charge in [0.2, 0.25) is 5.91 Å². The van der Waals surface area contributed by atoms with Gasteiger partial charge in [0, 0.05) is 49.9 Å². The number of nitrogens with one attached hydrogen (secondary N) is 2. The Hall–Kier alpha value is -4.42. The predicted octanol–water partition coefficient (Wildman–Crippen LogP) is 4.00. The second-order valence-corrected chi connectivity index (χ2v) is 8.61. The first-order chi connectivity index (χ1) is 17.4. The third-order valence-corrected chi connectivity index (χ3v) is 5.91. The molecule has 1 unspecified atom stereocenters. The van der Waals surface area contributed by atoms with Gasteiger partial charge in [-0.3, -0.25) is 14.5 Å². The average Bonchev–Trinajstić information content (AvgIpc) is 3.33. The Morgan fingerprint density at radius 3 is 2.50 bits per heavy atom. The van der Waals surface area contributed by atoms with E-state index in [0.29, 0.717) is 23.5 Å². The normalized spacial score (nSPS) is 12.5. The molecule has 0 fully saturated rings. The van der Waals surface area contributed by atoms with Crippen LogP contribution in [0.25, 0.3) is 11.1 Å². The summed E-state index contributed by atoms with van der Waals surface area (Å²) < 4.78 is 15.6. The number of aryl methyl sites for hydroxylation is 1. The maximum Gasteiger partial charge on any atom is 0.234 e. The summed E-state index contributed by atoms with van der Waals surface area (Å²) in [7, 11) is 1.84. The fraction of sp³-hybridized carbons (Fsp3) is 0.222. The number of hydrogen-bond acceptors (Lipinski definition) is 6. The molecular weight excluding hydrogens is 457 g/mol. The van der Waals surface area contributed by atoms with Crippen molar-refractivity contribution in [3.8, 4) is 17.2 Å². The monoisotopic (exact) mass is 483 g/mol. The van der Waals surface area contributed by atoms with Gasteiger partial charge in [0.15, 0.2) is 0 Å². The molecule has 2 atom stereocenters. The van der Waals surface area contributed by atoms with Crippen molar-refractivity contribution in [3.05, 3.63) is 96.0 Å². The molecule has 36 heavy (non-hydrogen) atoms. The molecule has 0 spiro atoms. The molecule has 0 aliphatic heterocycles. The van der Waals surface area contributed by atoms with Crippen LogP contribution < -0.4 is 10.6 Å². The average molecular weight is 484 g/mol. The van der Waals surface area contributed by atoms with Gasteiger partial charge in [-0.15, -0.1) is 0 Å². The Morgan fingerprint density at radius 2 is 1.86 bits per heavy atom. The van der Waals surface area contributed by atoms with E-state index in [0.717, 1.165) is 22.9 Å². The lowest BCUT2D eigenvalue weighted by molar-refractivity contribution is -0.117. The highest BCUT2D eigenvalue weighted by atomic mass is 19.1. The van der Waals surface area contributed by atoms with Gasteiger partial charge in [-0.1, -0.05) is 19.1 Å². The SMILES string of the molecule is C[C@H](CNCC(C(=O)Nc1ccc(-c2cnn(C)c2)cn1)c1cncc(F)c1)c1ccc(C#N)cc1. The van der Waals surface area contributed by atoms with Gasteiger partial charge >= 0.3 is 0 Å². The predicted molar refractivity (Wildman–Crippen MR) is 134 cm³/mol. The third kappa shape index (κ3) is 6.17. The Kier molecular flexibility index (Phi) is 7.78. The minimum absolute atomic E-state index is 0.147. The molecule has 0 saturated carbocycles. The van der Waals surface area contributed by atoms with E-state index in [-0.39, 0.29) is 18.4 Å². The molecule has 0 aliphatic carbocycles. The van der Waals surface area contributed by atoms with Gasteiger partial charge in [-0.25, -0.2) is 9.37 Å². The van der Waals surface area contributed by atoms with Gasteiger partial charge in [0.25, 0.3) is 0 Å². The standard InChI is InChI=1S/C27H26FN7O/c1-18(20-5-3-19(10-29)4-6-20)11-30-16-25(22-9-24(28)15-31-12-22)27(36)34-26-8-7-21(13-32-26)23-14-33-35(2)17-23/h3-9,12-15,17-18,25,30H,11,16H2,1-2H3,(H,32,34,36)/t18-,25?/m1/s1. The maximum atomic E-state index is 13.9. The quantitative estimate of drug-likeness (QED) is 0.373. The van der Waals surface area contributed by atoms with E-state index in [1.165, 1.54) is 12.3 Å². The smallest absolute Gasteiger partial charge is 0.234 e. The van der Waals surface area contributed by atoms with Crippen LogP contribution in [0.2, 0.25) is 0 Å². The Morgan fingerprint density at radius 1 is 1.06 bits per heavy atom. The van der Waals surface area contributed by atoms with Gasteiger partial charge < -0.3 is 10.6 Å². The molecule has 0 saturated heterocycles. The summed E-state index contributed by atoms with van der Waals surface area (Å²) in [5.41, 5.74) is 3.96. The van der Waals surface area contributed by atoms with E-state index in [1.54, 1.807) is 35.3 Å². The highest BCUT2D eigenvalue weighted by molar-refractivity contribution is 5.95. The molecule has 182 valence electrons. The molecule has 1 aromatic carbocycles. The molecule has 9 heteroatoms. The fourth-order valence-corrected chi connectivity index (χ4v) is 3.85. The number of aromatic nitrogens is 4. The lowest BCUT2D eigenvalue weighted by atomic mass is 9.97. The lowest BCUT2D eigenvalue weighted by Gasteiger charge is -2.19. The zero-order chi connectivity index (χ0) is 25.5. The summed E-state index contributed by atoms with van der Waals surface area (Å²) >= 11 is 0. The van der Waals surface area contributed by atoms with E-state index in [9.17, 15) is 9.18 Å². The number of amides is 1. The molecule has 3 heterocycles. The van der Waals surface area contributed by atoms with Crippen LogP contribution in [0.5, 0.6) is 0 Å². The first kappa shape index (κ1) is 24.7. The molecule has 0 bridgehead atoms. The van der Waals surface area contributed by atoms with Gasteiger partial charge in [0.05, 0.1) is 29.9 Å². The summed E-state index contributed by atoms with van der Waals surface area (Å²) in [5.74, 6) is -0.958. The third-order valence-electron chi connectivity index (χ3n) is 5.91. The minimum atomic E-state index is -0.679. The van der Waals surface area contributed by atoms with E-state index in [1.807, 2.05) is 31.4 Å². The van der Waals surface area contributed by atoms with Crippen LogP contribution in [0, 0.1) is 17.1 Å². The number of halogens is 1. The molecule has 3 aromatic heterocycles. The first-order valence-electron chi connectivity index (χ1n) is 11.5. The Balaban J connectivity index is 1.43. The summed E-state index contributed by atoms with van der Waals surface area (Å²) in [6, 6.07) is 14.4. The van der Waals surface area contributed by atoms with Crippen molar-refractivity contribution in [3.63, 3.8) is 0 Å². The maximum absolute atomic E-state index is 13.9. The number of carbonyl (C=O) groups is 1. The Bertz CT molecular complexity index is 1360. The number of nitrogens with zero attached hydrogens (tertiary/aromatic N) is 5. The minimum Gasteiger partial charge on any atom is -0.315 e. The van der Waals surface area contributed by atoms with Crippen LogP contribution in [0.4, 0.5) is 10.2 Å². The molecule has 8 nitrogen and oxygen atoms in total. The van der Waals surface area contributed by atoms with Crippen molar-refractivity contribution < 1.29 is 9.18 Å². The molecular formula is C27H26FN7O. The van der Waals surface area contributed by atoms with E-state index >= 15 is 0 Å². The summed E-state index contributed by atoms with van der Waals surface area (Å²) in [6.07, 6.45) is 7.90. The molecule has 2 N–H and O–H groups in total. The molecule has 0 radical (unpaired) electrons. The van der Waals surface area contributed by atoms with Crippen LogP contribution in [-0.2, 0) is 11.8 Å². The van der Waals surface area contributed by atoms with Crippen LogP contribution in [-0.4, -0.2) is 38.7 Å². The van der Waals surface area contributed by atoms with Crippen LogP contribution >= 0.6 is 0 Å². The van der Waals surface area contributed by atoms with E-state index < -0.39 is 11.7 Å². The number of hydrogen-bond donors (Lipinski definition) is 2. The van der Waals surface area contributed by atoms with E-state index in [4.69, 9.17) is 5.26 Å². The van der Waals surface area contributed by atoms with Crippen molar-refractivity contribution in [1.82, 2.24) is 25.1 Å². The summed E-state index contributed by atoms with van der Waals surface area (Å²) in [4.78, 5) is 21.5. The van der Waals surface area contributed by atoms with Crippen molar-refractivity contribution in [1.29, 1.82) is 5.26 Å². The van der Waals surface area contributed by atoms with Gasteiger partial charge in [-0.2, -0.15) is 10.4 Å². The van der Waals surface area contributed by atoms with Crippen LogP contribution in [0.3, 0.4) is 0 Å². The van der Waals surface area contributed by atoms with E-state index in [2.05, 4.69) is 38.7 Å². The fourth-order valence-electron chi connectivity index (χ4n) is 3.85. The number of benzene rings is 1. The largest absolute Gasteiger partial charge is 0.315 e. The van der Waals surface area contributed by atoms with Crippen molar-refractivity contribution in [2.75, 3.05) is 18.4 Å². The van der Waals surface area contributed by atoms with Crippen molar-refractivity contribution in [2.45, 2.75) is 18.8 Å². The Labute approximate surface area is 208 Å². The summed E-state index contributed by atoms with van der Waals surface area (Å²) in [6.45, 7) is 2.93. The second-order valence-electron chi connectivity index (χ2n) is 8.61. The van der Waals surface area contributed by atoms with Gasteiger partial charge in [-0.05, 0) is 47.4 Å². The first-order valence-corrected chi connectivity index (χ1v) is 11.5. The van der Waals surface area contributed by atoms with Crippen molar-refractivity contribution in [2.24, 2.45) is 7.05 Å². The number of rotatable bonds is 9. The topological polar surface area (TPSA) is 109 Å². The van der Waals surface area contributed by atoms with Crippen LogP contribution in [0.15, 0.2) is 73.4 Å². The zero-order valence-electron chi connectivity index (χ0n) is 20.0. The van der Waals surface area contributed by atoms with Crippen molar-refractivity contribution >= 4 is 11.7 Å². The zero-order valence-corrected chi connectivity index (χ0v) is 20.0. The number of pyridine rings is 2. The summed E-state index contributed by atoms with van der Waals surface area (Å²) in [5, 5.41) is 19.3. The highest BCUT2D eigenvalue weighted by Gasteiger charge is 2.22. The number of anilines is 1. The number of carbonyl (C=O) groups excluding carboxylic acids is 1. The van der Waals surface area contributed by atoms with Crippen LogP contribution in [0.1, 0.15) is 35.4 Å². The lowest BCUT2D eigenvalue weighted by Crippen LogP contribution is -2.33. The molecule has 0 aliphatic rings. The highest BCUT2D eigenvalue weighted by Crippen LogP contribution is 2.21.